The van der Waals surface area contributed by atoms with E-state index in [0.717, 1.165) is 18.6 Å². The Bertz CT molecular complexity index is 491. The molecule has 3 nitrogen and oxygen atoms in total. The topological polar surface area (TPSA) is 50.4 Å². The van der Waals surface area contributed by atoms with E-state index < -0.39 is 0 Å². The number of aryl methyl sites for hydroxylation is 1. The van der Waals surface area contributed by atoms with Crippen LogP contribution in [0.15, 0.2) is 10.5 Å². The summed E-state index contributed by atoms with van der Waals surface area (Å²) in [6.45, 7) is 3.63. The van der Waals surface area contributed by atoms with Crippen LogP contribution >= 0.6 is 10.5 Å². The molecule has 1 aliphatic heterocycles. The Morgan fingerprint density at radius 2 is 2.11 bits per heavy atom. The van der Waals surface area contributed by atoms with E-state index in [1.807, 2.05) is 13.0 Å². The Morgan fingerprint density at radius 3 is 2.63 bits per heavy atom. The van der Waals surface area contributed by atoms with E-state index in [4.69, 9.17) is 9.52 Å². The Kier molecular flexibility index (Phi) is 4.99. The Balaban J connectivity index is 2.35. The second-order valence-electron chi connectivity index (χ2n) is 5.00. The highest BCUT2D eigenvalue weighted by atomic mass is 32.2. The highest BCUT2D eigenvalue weighted by Crippen LogP contribution is 2.32. The first-order valence-corrected chi connectivity index (χ1v) is 8.45. The minimum Gasteiger partial charge on any atom is -0.460 e. The standard InChI is InChI=1S/C15H22O3S/c1-11(17)13-10-14(18-12(13)2)15(6-5-7-16)19-8-3-4-9-19/h10,16H,3-9H2,1-2H3. The third-order valence-corrected chi connectivity index (χ3v) is 6.18. The summed E-state index contributed by atoms with van der Waals surface area (Å²) < 4.78 is 5.81. The van der Waals surface area contributed by atoms with Crippen molar-refractivity contribution >= 4 is 21.1 Å². The number of aliphatic hydroxyl groups is 1. The lowest BCUT2D eigenvalue weighted by Gasteiger charge is -2.09. The van der Waals surface area contributed by atoms with Crippen LogP contribution in [0.3, 0.4) is 0 Å². The monoisotopic (exact) mass is 282 g/mol. The van der Waals surface area contributed by atoms with Crippen LogP contribution in [0.25, 0.3) is 0 Å². The first kappa shape index (κ1) is 14.5. The number of carbonyl (C=O) groups is 1. The zero-order chi connectivity index (χ0) is 13.8. The lowest BCUT2D eigenvalue weighted by Crippen LogP contribution is -2.03. The molecule has 19 heavy (non-hydrogen) atoms. The number of hydrogen-bond acceptors (Lipinski definition) is 3. The number of rotatable bonds is 5. The van der Waals surface area contributed by atoms with Gasteiger partial charge in [0, 0.05) is 11.5 Å². The van der Waals surface area contributed by atoms with Crippen LogP contribution < -0.4 is 0 Å². The van der Waals surface area contributed by atoms with Gasteiger partial charge in [0.2, 0.25) is 0 Å². The molecule has 0 spiro atoms. The van der Waals surface area contributed by atoms with Crippen LogP contribution in [-0.4, -0.2) is 33.9 Å². The minimum atomic E-state index is 0.0590. The predicted octanol–water partition coefficient (Wildman–Crippen LogP) is 3.15. The van der Waals surface area contributed by atoms with E-state index in [1.165, 1.54) is 29.2 Å². The number of hydrogen-bond donors (Lipinski definition) is 1. The molecule has 0 atom stereocenters. The fourth-order valence-corrected chi connectivity index (χ4v) is 5.14. The second-order valence-corrected chi connectivity index (χ2v) is 7.29. The summed E-state index contributed by atoms with van der Waals surface area (Å²) in [6, 6.07) is 1.90. The fraction of sp³-hybridized carbons (Fsp3) is 0.600. The van der Waals surface area contributed by atoms with E-state index in [0.29, 0.717) is 11.3 Å². The molecule has 0 radical (unpaired) electrons. The first-order valence-electron chi connectivity index (χ1n) is 6.89. The van der Waals surface area contributed by atoms with Crippen molar-refractivity contribution in [1.82, 2.24) is 0 Å². The molecule has 1 saturated heterocycles. The van der Waals surface area contributed by atoms with Crippen molar-refractivity contribution in [2.24, 2.45) is 0 Å². The van der Waals surface area contributed by atoms with Crippen LogP contribution in [-0.2, 0) is 0 Å². The summed E-state index contributed by atoms with van der Waals surface area (Å²) in [6.07, 6.45) is 4.22. The third kappa shape index (κ3) is 3.37. The molecule has 0 unspecified atom stereocenters. The molecule has 4 heteroatoms. The van der Waals surface area contributed by atoms with E-state index >= 15 is 0 Å². The van der Waals surface area contributed by atoms with Crippen molar-refractivity contribution in [3.8, 4) is 0 Å². The fourth-order valence-electron chi connectivity index (χ4n) is 2.52. The smallest absolute Gasteiger partial charge is 0.163 e. The van der Waals surface area contributed by atoms with Gasteiger partial charge in [0.05, 0.1) is 5.56 Å². The zero-order valence-corrected chi connectivity index (χ0v) is 12.5. The normalized spacial score (nSPS) is 15.9. The minimum absolute atomic E-state index is 0.0590. The maximum atomic E-state index is 11.5. The molecule has 1 aromatic rings. The van der Waals surface area contributed by atoms with Gasteiger partial charge >= 0.3 is 0 Å². The molecule has 0 bridgehead atoms. The van der Waals surface area contributed by atoms with Crippen molar-refractivity contribution in [3.63, 3.8) is 0 Å². The van der Waals surface area contributed by atoms with Gasteiger partial charge in [-0.1, -0.05) is 0 Å². The molecule has 1 fully saturated rings. The number of ketones is 1. The SMILES string of the molecule is CC(=O)c1cc(C(CCCO)=S2CCCC2)oc1C. The summed E-state index contributed by atoms with van der Waals surface area (Å²) in [5, 5.41) is 9.06. The van der Waals surface area contributed by atoms with Gasteiger partial charge in [-0.05, 0) is 57.1 Å². The molecule has 0 aromatic carbocycles. The van der Waals surface area contributed by atoms with Gasteiger partial charge in [-0.2, -0.15) is 10.5 Å². The van der Waals surface area contributed by atoms with Gasteiger partial charge in [0.1, 0.15) is 11.5 Å². The van der Waals surface area contributed by atoms with Gasteiger partial charge in [-0.3, -0.25) is 4.79 Å². The molecule has 1 aliphatic rings. The molecule has 1 N–H and O–H groups in total. The number of furan rings is 1. The maximum absolute atomic E-state index is 11.5. The van der Waals surface area contributed by atoms with Crippen LogP contribution in [0.2, 0.25) is 0 Å². The zero-order valence-electron chi connectivity index (χ0n) is 11.7. The lowest BCUT2D eigenvalue weighted by molar-refractivity contribution is 0.101. The summed E-state index contributed by atoms with van der Waals surface area (Å²) in [5.74, 6) is 4.11. The van der Waals surface area contributed by atoms with Gasteiger partial charge in [-0.15, -0.1) is 0 Å². The van der Waals surface area contributed by atoms with Gasteiger partial charge in [0.25, 0.3) is 0 Å². The molecule has 1 aromatic heterocycles. The van der Waals surface area contributed by atoms with Crippen molar-refractivity contribution in [2.75, 3.05) is 18.1 Å². The molecule has 2 rings (SSSR count). The van der Waals surface area contributed by atoms with Crippen LogP contribution in [0, 0.1) is 6.92 Å². The van der Waals surface area contributed by atoms with Crippen molar-refractivity contribution < 1.29 is 14.3 Å². The summed E-state index contributed by atoms with van der Waals surface area (Å²) in [5.41, 5.74) is 0.694. The maximum Gasteiger partial charge on any atom is 0.163 e. The van der Waals surface area contributed by atoms with Crippen LogP contribution in [0.5, 0.6) is 0 Å². The largest absolute Gasteiger partial charge is 0.460 e. The number of Topliss-reactive ketones (excluding diaryl/α,β-unsaturated/α-hetero) is 1. The van der Waals surface area contributed by atoms with Gasteiger partial charge in [-0.25, -0.2) is 0 Å². The highest BCUT2D eigenvalue weighted by molar-refractivity contribution is 8.16. The lowest BCUT2D eigenvalue weighted by atomic mass is 10.1. The van der Waals surface area contributed by atoms with Gasteiger partial charge in [0.15, 0.2) is 5.78 Å². The number of aliphatic hydroxyl groups excluding tert-OH is 1. The molecule has 0 saturated carbocycles. The third-order valence-electron chi connectivity index (χ3n) is 3.51. The van der Waals surface area contributed by atoms with Crippen molar-refractivity contribution in [1.29, 1.82) is 0 Å². The molecule has 2 heterocycles. The summed E-state index contributed by atoms with van der Waals surface area (Å²) >= 11 is 0. The Morgan fingerprint density at radius 1 is 1.42 bits per heavy atom. The second kappa shape index (κ2) is 6.53. The average molecular weight is 282 g/mol. The van der Waals surface area contributed by atoms with Crippen molar-refractivity contribution in [3.05, 3.63) is 23.2 Å². The van der Waals surface area contributed by atoms with Crippen LogP contribution in [0.4, 0.5) is 0 Å². The molecule has 0 aliphatic carbocycles. The Labute approximate surface area is 116 Å². The summed E-state index contributed by atoms with van der Waals surface area (Å²) in [7, 11) is 0.275. The molecule has 0 amide bonds. The van der Waals surface area contributed by atoms with Crippen molar-refractivity contribution in [2.45, 2.75) is 39.5 Å². The van der Waals surface area contributed by atoms with E-state index in [9.17, 15) is 4.79 Å². The van der Waals surface area contributed by atoms with E-state index in [1.54, 1.807) is 6.92 Å². The van der Waals surface area contributed by atoms with E-state index in [-0.39, 0.29) is 22.9 Å². The molecular weight excluding hydrogens is 260 g/mol. The quantitative estimate of drug-likeness (QED) is 0.666. The average Bonchev–Trinajstić information content (AvgIpc) is 2.99. The first-order chi connectivity index (χ1) is 9.13. The summed E-state index contributed by atoms with van der Waals surface area (Å²) in [4.78, 5) is 12.9. The number of carbonyl (C=O) groups excluding carboxylic acids is 1. The predicted molar refractivity (Wildman–Crippen MR) is 80.4 cm³/mol. The molecular formula is C15H22O3S. The Hall–Kier alpha value is -0.870. The molecule has 106 valence electrons. The van der Waals surface area contributed by atoms with Gasteiger partial charge < -0.3 is 9.52 Å². The van der Waals surface area contributed by atoms with E-state index in [2.05, 4.69) is 0 Å². The van der Waals surface area contributed by atoms with Crippen LogP contribution in [0.1, 0.15) is 54.5 Å². The highest BCUT2D eigenvalue weighted by Gasteiger charge is 2.18.